The van der Waals surface area contributed by atoms with Gasteiger partial charge in [-0.1, -0.05) is 13.8 Å². The van der Waals surface area contributed by atoms with E-state index in [4.69, 9.17) is 10.2 Å². The molecule has 1 heterocycles. The number of aliphatic carboxylic acids is 1. The Morgan fingerprint density at radius 3 is 2.50 bits per heavy atom. The fourth-order valence-electron chi connectivity index (χ4n) is 1.77. The molecule has 88 valence electrons. The molecule has 0 amide bonds. The third kappa shape index (κ3) is 2.14. The van der Waals surface area contributed by atoms with Gasteiger partial charge >= 0.3 is 5.97 Å². The number of aliphatic hydroxyl groups is 1. The number of aromatic nitrogens is 1. The molecule has 5 heteroatoms. The average molecular weight is 225 g/mol. The van der Waals surface area contributed by atoms with Gasteiger partial charge in [-0.15, -0.1) is 0 Å². The fourth-order valence-corrected chi connectivity index (χ4v) is 1.77. The van der Waals surface area contributed by atoms with Crippen LogP contribution in [0.3, 0.4) is 0 Å². The normalized spacial score (nSPS) is 12.8. The van der Waals surface area contributed by atoms with E-state index in [-0.39, 0.29) is 18.2 Å². The van der Waals surface area contributed by atoms with Crippen molar-refractivity contribution in [2.45, 2.75) is 26.5 Å². The highest BCUT2D eigenvalue weighted by Gasteiger charge is 2.26. The van der Waals surface area contributed by atoms with E-state index < -0.39 is 12.0 Å². The molecule has 0 spiro atoms. The maximum absolute atomic E-state index is 11.2. The molecule has 0 unspecified atom stereocenters. The highest BCUT2D eigenvalue weighted by Crippen LogP contribution is 2.23. The molecule has 1 atom stereocenters. The van der Waals surface area contributed by atoms with Gasteiger partial charge in [0.15, 0.2) is 6.29 Å². The average Bonchev–Trinajstić information content (AvgIpc) is 2.59. The summed E-state index contributed by atoms with van der Waals surface area (Å²) in [7, 11) is 0. The molecule has 0 aromatic carbocycles. The van der Waals surface area contributed by atoms with Crippen LogP contribution in [0.15, 0.2) is 12.1 Å². The van der Waals surface area contributed by atoms with Crippen molar-refractivity contribution in [2.75, 3.05) is 0 Å². The molecule has 0 aliphatic heterocycles. The zero-order valence-corrected chi connectivity index (χ0v) is 9.25. The number of aldehydes is 1. The number of carboxylic acid groups (broad SMARTS) is 1. The zero-order chi connectivity index (χ0) is 12.3. The monoisotopic (exact) mass is 225 g/mol. The molecule has 0 radical (unpaired) electrons. The molecular weight excluding hydrogens is 210 g/mol. The lowest BCUT2D eigenvalue weighted by atomic mass is 10.0. The Hall–Kier alpha value is -1.62. The van der Waals surface area contributed by atoms with Gasteiger partial charge in [-0.05, 0) is 18.1 Å². The number of aliphatic hydroxyl groups excluding tert-OH is 1. The Labute approximate surface area is 93.3 Å². The summed E-state index contributed by atoms with van der Waals surface area (Å²) in [6.45, 7) is 3.23. The number of nitrogens with zero attached hydrogens (tertiary/aromatic N) is 1. The van der Waals surface area contributed by atoms with E-state index in [1.807, 2.05) is 0 Å². The van der Waals surface area contributed by atoms with Gasteiger partial charge < -0.3 is 14.8 Å². The van der Waals surface area contributed by atoms with Crippen molar-refractivity contribution in [1.82, 2.24) is 4.57 Å². The second-order valence-electron chi connectivity index (χ2n) is 3.92. The van der Waals surface area contributed by atoms with Crippen molar-refractivity contribution in [3.05, 3.63) is 23.5 Å². The number of hydrogen-bond acceptors (Lipinski definition) is 3. The first-order chi connectivity index (χ1) is 7.52. The minimum absolute atomic E-state index is 0.172. The maximum atomic E-state index is 11.2. The smallest absolute Gasteiger partial charge is 0.326 e. The topological polar surface area (TPSA) is 79.5 Å². The summed E-state index contributed by atoms with van der Waals surface area (Å²) < 4.78 is 1.38. The highest BCUT2D eigenvalue weighted by atomic mass is 16.4. The summed E-state index contributed by atoms with van der Waals surface area (Å²) in [4.78, 5) is 22.0. The van der Waals surface area contributed by atoms with Crippen molar-refractivity contribution in [3.8, 4) is 0 Å². The van der Waals surface area contributed by atoms with Crippen LogP contribution >= 0.6 is 0 Å². The lowest BCUT2D eigenvalue weighted by Crippen LogP contribution is -2.27. The van der Waals surface area contributed by atoms with Gasteiger partial charge in [-0.3, -0.25) is 4.79 Å². The predicted octanol–water partition coefficient (Wildman–Crippen LogP) is 1.07. The van der Waals surface area contributed by atoms with Gasteiger partial charge in [-0.2, -0.15) is 0 Å². The summed E-state index contributed by atoms with van der Waals surface area (Å²) in [6.07, 6.45) is 0.595. The quantitative estimate of drug-likeness (QED) is 0.735. The van der Waals surface area contributed by atoms with Gasteiger partial charge in [0.05, 0.1) is 12.3 Å². The lowest BCUT2D eigenvalue weighted by Gasteiger charge is -2.21. The third-order valence-electron chi connectivity index (χ3n) is 2.48. The van der Waals surface area contributed by atoms with Crippen LogP contribution in [0.5, 0.6) is 0 Å². The maximum Gasteiger partial charge on any atom is 0.326 e. The summed E-state index contributed by atoms with van der Waals surface area (Å²) >= 11 is 0. The number of rotatable bonds is 5. The highest BCUT2D eigenvalue weighted by molar-refractivity contribution is 5.77. The molecule has 1 aromatic rings. The molecule has 0 saturated heterocycles. The molecule has 2 N–H and O–H groups in total. The van der Waals surface area contributed by atoms with Crippen LogP contribution in [0.1, 0.15) is 36.1 Å². The van der Waals surface area contributed by atoms with E-state index in [0.717, 1.165) is 0 Å². The van der Waals surface area contributed by atoms with Crippen molar-refractivity contribution in [2.24, 2.45) is 5.92 Å². The zero-order valence-electron chi connectivity index (χ0n) is 9.25. The minimum atomic E-state index is -1.01. The molecule has 0 saturated carbocycles. The van der Waals surface area contributed by atoms with E-state index >= 15 is 0 Å². The Kier molecular flexibility index (Phi) is 3.84. The van der Waals surface area contributed by atoms with Crippen molar-refractivity contribution < 1.29 is 19.8 Å². The summed E-state index contributed by atoms with van der Waals surface area (Å²) in [6, 6.07) is 2.23. The molecular formula is C11H15NO4. The van der Waals surface area contributed by atoms with Crippen molar-refractivity contribution in [3.63, 3.8) is 0 Å². The standard InChI is InChI=1S/C11H15NO4/c1-7(2)10(11(15)16)12-8(5-13)3-4-9(12)6-14/h3-5,7,10,14H,6H2,1-2H3,(H,15,16)/t10-/m0/s1. The molecule has 0 aliphatic rings. The second-order valence-corrected chi connectivity index (χ2v) is 3.92. The van der Waals surface area contributed by atoms with Crippen LogP contribution in [0.2, 0.25) is 0 Å². The Balaban J connectivity index is 3.31. The SMILES string of the molecule is CC(C)[C@@H](C(=O)O)n1c(C=O)ccc1CO. The molecule has 1 rings (SSSR count). The summed E-state index contributed by atoms with van der Waals surface area (Å²) in [5.41, 5.74) is 0.702. The Morgan fingerprint density at radius 2 is 2.12 bits per heavy atom. The van der Waals surface area contributed by atoms with Gasteiger partial charge in [0, 0.05) is 5.69 Å². The van der Waals surface area contributed by atoms with Gasteiger partial charge in [0.25, 0.3) is 0 Å². The number of hydrogen-bond donors (Lipinski definition) is 2. The fraction of sp³-hybridized carbons (Fsp3) is 0.455. The van der Waals surface area contributed by atoms with E-state index in [1.54, 1.807) is 19.9 Å². The summed E-state index contributed by atoms with van der Waals surface area (Å²) in [5, 5.41) is 18.2. The van der Waals surface area contributed by atoms with E-state index in [1.165, 1.54) is 10.6 Å². The molecule has 0 aliphatic carbocycles. The van der Waals surface area contributed by atoms with Crippen LogP contribution in [-0.2, 0) is 11.4 Å². The van der Waals surface area contributed by atoms with E-state index in [2.05, 4.69) is 0 Å². The molecule has 1 aromatic heterocycles. The van der Waals surface area contributed by atoms with Crippen molar-refractivity contribution in [1.29, 1.82) is 0 Å². The first-order valence-corrected chi connectivity index (χ1v) is 5.01. The Morgan fingerprint density at radius 1 is 1.50 bits per heavy atom. The first-order valence-electron chi connectivity index (χ1n) is 5.01. The number of carbonyl (C=O) groups excluding carboxylic acids is 1. The van der Waals surface area contributed by atoms with E-state index in [9.17, 15) is 9.59 Å². The lowest BCUT2D eigenvalue weighted by molar-refractivity contribution is -0.142. The number of carboxylic acids is 1. The predicted molar refractivity (Wildman–Crippen MR) is 57.3 cm³/mol. The van der Waals surface area contributed by atoms with Crippen LogP contribution in [0.25, 0.3) is 0 Å². The van der Waals surface area contributed by atoms with Gasteiger partial charge in [-0.25, -0.2) is 4.79 Å². The van der Waals surface area contributed by atoms with Gasteiger partial charge in [0.2, 0.25) is 0 Å². The Bertz CT molecular complexity index is 395. The van der Waals surface area contributed by atoms with Crippen LogP contribution in [-0.4, -0.2) is 27.0 Å². The van der Waals surface area contributed by atoms with Crippen LogP contribution < -0.4 is 0 Å². The first kappa shape index (κ1) is 12.4. The second kappa shape index (κ2) is 4.94. The summed E-state index contributed by atoms with van der Waals surface area (Å²) in [5.74, 6) is -1.18. The van der Waals surface area contributed by atoms with Crippen LogP contribution in [0.4, 0.5) is 0 Å². The van der Waals surface area contributed by atoms with Crippen molar-refractivity contribution >= 4 is 12.3 Å². The third-order valence-corrected chi connectivity index (χ3v) is 2.48. The molecule has 0 fully saturated rings. The molecule has 5 nitrogen and oxygen atoms in total. The largest absolute Gasteiger partial charge is 0.480 e. The molecule has 0 bridgehead atoms. The number of carbonyl (C=O) groups is 2. The minimum Gasteiger partial charge on any atom is -0.480 e. The van der Waals surface area contributed by atoms with Gasteiger partial charge in [0.1, 0.15) is 6.04 Å². The van der Waals surface area contributed by atoms with Crippen LogP contribution in [0, 0.1) is 5.92 Å². The van der Waals surface area contributed by atoms with E-state index in [0.29, 0.717) is 12.0 Å². The molecule has 16 heavy (non-hydrogen) atoms.